The van der Waals surface area contributed by atoms with Crippen molar-refractivity contribution in [1.82, 2.24) is 15.2 Å². The average molecular weight is 379 g/mol. The van der Waals surface area contributed by atoms with E-state index >= 15 is 0 Å². The number of carbonyl (C=O) groups is 2. The van der Waals surface area contributed by atoms with Gasteiger partial charge in [0.05, 0.1) is 5.92 Å². The van der Waals surface area contributed by atoms with E-state index in [1.54, 1.807) is 11.0 Å². The summed E-state index contributed by atoms with van der Waals surface area (Å²) >= 11 is 0. The third-order valence-corrected chi connectivity index (χ3v) is 5.28. The molecule has 1 atom stereocenters. The Hall–Kier alpha value is -3.15. The van der Waals surface area contributed by atoms with Gasteiger partial charge in [0.1, 0.15) is 5.82 Å². The maximum Gasteiger partial charge on any atom is 0.225 e. The number of rotatable bonds is 6. The Morgan fingerprint density at radius 2 is 2.04 bits per heavy atom. The second kappa shape index (κ2) is 7.84. The van der Waals surface area contributed by atoms with Crippen LogP contribution in [0.3, 0.4) is 0 Å². The van der Waals surface area contributed by atoms with Gasteiger partial charge < -0.3 is 15.2 Å². The van der Waals surface area contributed by atoms with Gasteiger partial charge in [0.2, 0.25) is 11.8 Å². The molecule has 0 radical (unpaired) electrons. The first-order valence-corrected chi connectivity index (χ1v) is 9.45. The summed E-state index contributed by atoms with van der Waals surface area (Å²) in [6, 6.07) is 14.3. The number of nitrogens with zero attached hydrogens (tertiary/aromatic N) is 1. The number of benzene rings is 2. The Morgan fingerprint density at radius 1 is 1.21 bits per heavy atom. The van der Waals surface area contributed by atoms with Crippen LogP contribution >= 0.6 is 0 Å². The van der Waals surface area contributed by atoms with Gasteiger partial charge in [-0.3, -0.25) is 9.59 Å². The number of nitrogens with one attached hydrogen (secondary N) is 2. The highest BCUT2D eigenvalue weighted by atomic mass is 19.1. The van der Waals surface area contributed by atoms with Crippen LogP contribution in [0.15, 0.2) is 54.7 Å². The number of amides is 2. The number of fused-ring (bicyclic) bond motifs is 1. The molecule has 1 saturated heterocycles. The lowest BCUT2D eigenvalue weighted by Gasteiger charge is -2.16. The molecule has 2 amide bonds. The maximum atomic E-state index is 13.5. The molecule has 2 N–H and O–H groups in total. The Bertz CT molecular complexity index is 999. The summed E-state index contributed by atoms with van der Waals surface area (Å²) in [5, 5.41) is 3.75. The zero-order valence-corrected chi connectivity index (χ0v) is 15.5. The van der Waals surface area contributed by atoms with Crippen LogP contribution in [-0.4, -0.2) is 34.8 Å². The first kappa shape index (κ1) is 18.2. The molecule has 1 fully saturated rings. The van der Waals surface area contributed by atoms with Gasteiger partial charge in [-0.15, -0.1) is 0 Å². The molecule has 1 aliphatic heterocycles. The summed E-state index contributed by atoms with van der Waals surface area (Å²) in [7, 11) is 0. The molecule has 0 unspecified atom stereocenters. The van der Waals surface area contributed by atoms with E-state index in [4.69, 9.17) is 0 Å². The Labute approximate surface area is 162 Å². The fourth-order valence-electron chi connectivity index (χ4n) is 3.71. The van der Waals surface area contributed by atoms with Crippen LogP contribution in [0.2, 0.25) is 0 Å². The molecule has 2 aromatic carbocycles. The van der Waals surface area contributed by atoms with E-state index in [-0.39, 0.29) is 30.0 Å². The van der Waals surface area contributed by atoms with Crippen LogP contribution in [0.5, 0.6) is 0 Å². The number of halogens is 1. The van der Waals surface area contributed by atoms with Crippen molar-refractivity contribution in [3.05, 3.63) is 71.7 Å². The van der Waals surface area contributed by atoms with Crippen molar-refractivity contribution in [3.63, 3.8) is 0 Å². The third kappa shape index (κ3) is 3.91. The molecule has 6 heteroatoms. The highest BCUT2D eigenvalue weighted by molar-refractivity contribution is 5.89. The van der Waals surface area contributed by atoms with E-state index < -0.39 is 0 Å². The van der Waals surface area contributed by atoms with E-state index in [0.29, 0.717) is 26.1 Å². The van der Waals surface area contributed by atoms with Crippen LogP contribution < -0.4 is 5.32 Å². The number of H-pyrrole nitrogens is 1. The normalized spacial score (nSPS) is 16.7. The Morgan fingerprint density at radius 3 is 2.86 bits per heavy atom. The molecular formula is C22H22FN3O2. The summed E-state index contributed by atoms with van der Waals surface area (Å²) in [5.74, 6) is -0.697. The van der Waals surface area contributed by atoms with Gasteiger partial charge in [-0.2, -0.15) is 0 Å². The molecule has 0 spiro atoms. The Kier molecular flexibility index (Phi) is 5.10. The second-order valence-electron chi connectivity index (χ2n) is 7.20. The molecule has 4 rings (SSSR count). The molecule has 144 valence electrons. The van der Waals surface area contributed by atoms with Crippen molar-refractivity contribution in [1.29, 1.82) is 0 Å². The Balaban J connectivity index is 1.33. The third-order valence-electron chi connectivity index (χ3n) is 5.28. The number of aromatic nitrogens is 1. The molecule has 3 aromatic rings. The smallest absolute Gasteiger partial charge is 0.225 e. The van der Waals surface area contributed by atoms with Gasteiger partial charge in [-0.25, -0.2) is 4.39 Å². The molecule has 0 saturated carbocycles. The first-order chi connectivity index (χ1) is 13.6. The predicted octanol–water partition coefficient (Wildman–Crippen LogP) is 3.01. The van der Waals surface area contributed by atoms with Gasteiger partial charge >= 0.3 is 0 Å². The molecule has 0 bridgehead atoms. The topological polar surface area (TPSA) is 65.2 Å². The van der Waals surface area contributed by atoms with Crippen molar-refractivity contribution >= 4 is 22.7 Å². The van der Waals surface area contributed by atoms with Gasteiger partial charge in [-0.05, 0) is 35.7 Å². The minimum absolute atomic E-state index is 0.00844. The minimum Gasteiger partial charge on any atom is -0.361 e. The highest BCUT2D eigenvalue weighted by Gasteiger charge is 2.33. The number of hydrogen-bond acceptors (Lipinski definition) is 2. The molecule has 5 nitrogen and oxygen atoms in total. The molecule has 0 aliphatic carbocycles. The molecular weight excluding hydrogens is 357 g/mol. The van der Waals surface area contributed by atoms with E-state index in [0.717, 1.165) is 22.0 Å². The quantitative estimate of drug-likeness (QED) is 0.691. The van der Waals surface area contributed by atoms with E-state index in [9.17, 15) is 14.0 Å². The largest absolute Gasteiger partial charge is 0.361 e. The van der Waals surface area contributed by atoms with Crippen LogP contribution in [0, 0.1) is 11.7 Å². The van der Waals surface area contributed by atoms with Gasteiger partial charge in [0.15, 0.2) is 0 Å². The SMILES string of the molecule is O=C(NCc1ccccc1)[C@@H]1CC(=O)N(CCc2c[nH]c3ccc(F)cc23)C1. The minimum atomic E-state index is -0.323. The fourth-order valence-corrected chi connectivity index (χ4v) is 3.71. The van der Waals surface area contributed by atoms with Crippen molar-refractivity contribution in [2.45, 2.75) is 19.4 Å². The number of likely N-dealkylation sites (tertiary alicyclic amines) is 1. The maximum absolute atomic E-state index is 13.5. The fraction of sp³-hybridized carbons (Fsp3) is 0.273. The van der Waals surface area contributed by atoms with Crippen molar-refractivity contribution in [2.24, 2.45) is 5.92 Å². The summed E-state index contributed by atoms with van der Waals surface area (Å²) in [6.45, 7) is 1.41. The number of carbonyl (C=O) groups excluding carboxylic acids is 2. The van der Waals surface area contributed by atoms with Crippen LogP contribution in [-0.2, 0) is 22.6 Å². The van der Waals surface area contributed by atoms with Crippen molar-refractivity contribution < 1.29 is 14.0 Å². The molecule has 1 aromatic heterocycles. The first-order valence-electron chi connectivity index (χ1n) is 9.45. The van der Waals surface area contributed by atoms with Crippen LogP contribution in [0.25, 0.3) is 10.9 Å². The average Bonchev–Trinajstić information content (AvgIpc) is 3.28. The highest BCUT2D eigenvalue weighted by Crippen LogP contribution is 2.22. The lowest BCUT2D eigenvalue weighted by molar-refractivity contribution is -0.129. The van der Waals surface area contributed by atoms with Gasteiger partial charge in [0, 0.05) is 43.2 Å². The van der Waals surface area contributed by atoms with E-state index in [2.05, 4.69) is 10.3 Å². The summed E-state index contributed by atoms with van der Waals surface area (Å²) in [6.07, 6.45) is 2.71. The number of hydrogen-bond donors (Lipinski definition) is 2. The zero-order valence-electron chi connectivity index (χ0n) is 15.5. The van der Waals surface area contributed by atoms with Gasteiger partial charge in [-0.1, -0.05) is 30.3 Å². The van der Waals surface area contributed by atoms with Gasteiger partial charge in [0.25, 0.3) is 0 Å². The summed E-state index contributed by atoms with van der Waals surface area (Å²) < 4.78 is 13.5. The molecule has 1 aliphatic rings. The monoisotopic (exact) mass is 379 g/mol. The van der Waals surface area contributed by atoms with Crippen LogP contribution in [0.1, 0.15) is 17.5 Å². The molecule has 2 heterocycles. The summed E-state index contributed by atoms with van der Waals surface area (Å²) in [5.41, 5.74) is 2.88. The zero-order chi connectivity index (χ0) is 19.5. The summed E-state index contributed by atoms with van der Waals surface area (Å²) in [4.78, 5) is 29.6. The van der Waals surface area contributed by atoms with Crippen LogP contribution in [0.4, 0.5) is 4.39 Å². The van der Waals surface area contributed by atoms with Crippen molar-refractivity contribution in [2.75, 3.05) is 13.1 Å². The lowest BCUT2D eigenvalue weighted by Crippen LogP contribution is -2.33. The lowest BCUT2D eigenvalue weighted by atomic mass is 10.1. The predicted molar refractivity (Wildman–Crippen MR) is 105 cm³/mol. The standard InChI is InChI=1S/C22H22FN3O2/c23-18-6-7-20-19(11-18)16(13-24-20)8-9-26-14-17(10-21(26)27)22(28)25-12-15-4-2-1-3-5-15/h1-7,11,13,17,24H,8-10,12,14H2,(H,25,28)/t17-/m1/s1. The molecule has 28 heavy (non-hydrogen) atoms. The van der Waals surface area contributed by atoms with E-state index in [1.807, 2.05) is 36.5 Å². The number of aromatic amines is 1. The van der Waals surface area contributed by atoms with E-state index in [1.165, 1.54) is 12.1 Å². The second-order valence-corrected chi connectivity index (χ2v) is 7.20. The van der Waals surface area contributed by atoms with Crippen molar-refractivity contribution in [3.8, 4) is 0 Å².